The van der Waals surface area contributed by atoms with Crippen LogP contribution in [0.4, 0.5) is 4.79 Å². The highest BCUT2D eigenvalue weighted by Crippen LogP contribution is 2.30. The number of imide groups is 1. The molecular formula is C18H13N5O3S. The lowest BCUT2D eigenvalue weighted by Gasteiger charge is -2.22. The highest BCUT2D eigenvalue weighted by Gasteiger charge is 2.49. The number of nitriles is 1. The van der Waals surface area contributed by atoms with Gasteiger partial charge in [0, 0.05) is 5.38 Å². The van der Waals surface area contributed by atoms with E-state index in [9.17, 15) is 9.59 Å². The molecule has 0 aliphatic carbocycles. The van der Waals surface area contributed by atoms with Crippen LogP contribution in [0.3, 0.4) is 0 Å². The topological polar surface area (TPSA) is 112 Å². The highest BCUT2D eigenvalue weighted by atomic mass is 32.1. The molecule has 1 unspecified atom stereocenters. The number of carbonyl (C=O) groups is 2. The van der Waals surface area contributed by atoms with Crippen molar-refractivity contribution in [2.24, 2.45) is 0 Å². The van der Waals surface area contributed by atoms with Crippen molar-refractivity contribution in [3.8, 4) is 17.5 Å². The second-order valence-corrected chi connectivity index (χ2v) is 6.95. The van der Waals surface area contributed by atoms with Crippen molar-refractivity contribution in [3.05, 3.63) is 58.0 Å². The fourth-order valence-electron chi connectivity index (χ4n) is 2.90. The van der Waals surface area contributed by atoms with Crippen LogP contribution in [-0.4, -0.2) is 27.0 Å². The molecule has 1 aromatic carbocycles. The van der Waals surface area contributed by atoms with Crippen LogP contribution in [0.25, 0.3) is 11.5 Å². The summed E-state index contributed by atoms with van der Waals surface area (Å²) in [4.78, 5) is 30.7. The SMILES string of the molecule is CC1(c2cccc(C#N)c2)NC(=O)N(Cc2noc(-c3ccsc3)n2)C1=O. The largest absolute Gasteiger partial charge is 0.334 e. The van der Waals surface area contributed by atoms with Gasteiger partial charge in [-0.05, 0) is 36.1 Å². The van der Waals surface area contributed by atoms with Gasteiger partial charge >= 0.3 is 6.03 Å². The number of amides is 3. The minimum Gasteiger partial charge on any atom is -0.334 e. The molecule has 8 nitrogen and oxygen atoms in total. The van der Waals surface area contributed by atoms with Gasteiger partial charge in [0.25, 0.3) is 11.8 Å². The van der Waals surface area contributed by atoms with E-state index in [1.807, 2.05) is 22.9 Å². The zero-order valence-corrected chi connectivity index (χ0v) is 15.0. The van der Waals surface area contributed by atoms with Gasteiger partial charge in [-0.3, -0.25) is 9.69 Å². The first-order chi connectivity index (χ1) is 13.0. The highest BCUT2D eigenvalue weighted by molar-refractivity contribution is 7.08. The molecule has 2 aromatic heterocycles. The van der Waals surface area contributed by atoms with Gasteiger partial charge in [-0.1, -0.05) is 17.3 Å². The van der Waals surface area contributed by atoms with Crippen LogP contribution in [0.5, 0.6) is 0 Å². The molecule has 3 aromatic rings. The molecule has 9 heteroatoms. The van der Waals surface area contributed by atoms with Crippen molar-refractivity contribution in [1.82, 2.24) is 20.4 Å². The predicted octanol–water partition coefficient (Wildman–Crippen LogP) is 2.64. The third-order valence-corrected chi connectivity index (χ3v) is 5.06. The first-order valence-corrected chi connectivity index (χ1v) is 8.95. The van der Waals surface area contributed by atoms with Crippen LogP contribution in [0.2, 0.25) is 0 Å². The molecule has 4 rings (SSSR count). The third-order valence-electron chi connectivity index (χ3n) is 4.38. The van der Waals surface area contributed by atoms with Gasteiger partial charge < -0.3 is 9.84 Å². The van der Waals surface area contributed by atoms with E-state index < -0.39 is 17.5 Å². The monoisotopic (exact) mass is 379 g/mol. The Labute approximate surface area is 158 Å². The summed E-state index contributed by atoms with van der Waals surface area (Å²) in [7, 11) is 0. The van der Waals surface area contributed by atoms with E-state index >= 15 is 0 Å². The fourth-order valence-corrected chi connectivity index (χ4v) is 3.53. The van der Waals surface area contributed by atoms with Crippen molar-refractivity contribution < 1.29 is 14.1 Å². The Balaban J connectivity index is 1.59. The van der Waals surface area contributed by atoms with E-state index in [4.69, 9.17) is 9.78 Å². The number of urea groups is 1. The molecule has 0 radical (unpaired) electrons. The molecule has 0 spiro atoms. The molecule has 1 saturated heterocycles. The minimum atomic E-state index is -1.26. The Morgan fingerprint density at radius 3 is 2.96 bits per heavy atom. The van der Waals surface area contributed by atoms with E-state index in [2.05, 4.69) is 15.5 Å². The lowest BCUT2D eigenvalue weighted by atomic mass is 9.91. The molecule has 1 N–H and O–H groups in total. The zero-order chi connectivity index (χ0) is 19.0. The van der Waals surface area contributed by atoms with Crippen LogP contribution >= 0.6 is 11.3 Å². The number of nitrogens with zero attached hydrogens (tertiary/aromatic N) is 4. The Bertz CT molecular complexity index is 1070. The Morgan fingerprint density at radius 1 is 1.37 bits per heavy atom. The molecule has 0 saturated carbocycles. The van der Waals surface area contributed by atoms with Gasteiger partial charge in [-0.25, -0.2) is 4.79 Å². The maximum Gasteiger partial charge on any atom is 0.325 e. The molecule has 1 atom stereocenters. The Kier molecular flexibility index (Phi) is 3.97. The lowest BCUT2D eigenvalue weighted by Crippen LogP contribution is -2.40. The van der Waals surface area contributed by atoms with Gasteiger partial charge in [0.1, 0.15) is 5.54 Å². The van der Waals surface area contributed by atoms with E-state index in [-0.39, 0.29) is 12.4 Å². The maximum atomic E-state index is 13.0. The summed E-state index contributed by atoms with van der Waals surface area (Å²) in [6.45, 7) is 1.50. The van der Waals surface area contributed by atoms with Crippen molar-refractivity contribution in [1.29, 1.82) is 5.26 Å². The summed E-state index contributed by atoms with van der Waals surface area (Å²) in [5.74, 6) is 0.127. The van der Waals surface area contributed by atoms with Crippen molar-refractivity contribution in [3.63, 3.8) is 0 Å². The van der Waals surface area contributed by atoms with Gasteiger partial charge in [0.15, 0.2) is 5.82 Å². The molecule has 1 aliphatic heterocycles. The number of carbonyl (C=O) groups excluding carboxylic acids is 2. The second kappa shape index (κ2) is 6.34. The molecule has 1 aliphatic rings. The quantitative estimate of drug-likeness (QED) is 0.698. The van der Waals surface area contributed by atoms with E-state index in [1.165, 1.54) is 11.3 Å². The van der Waals surface area contributed by atoms with Crippen LogP contribution in [-0.2, 0) is 16.9 Å². The molecular weight excluding hydrogens is 366 g/mol. The molecule has 1 fully saturated rings. The van der Waals surface area contributed by atoms with Gasteiger partial charge in [0.2, 0.25) is 0 Å². The number of nitrogens with one attached hydrogen (secondary N) is 1. The molecule has 0 bridgehead atoms. The summed E-state index contributed by atoms with van der Waals surface area (Å²) >= 11 is 1.50. The fraction of sp³-hybridized carbons (Fsp3) is 0.167. The van der Waals surface area contributed by atoms with Crippen molar-refractivity contribution >= 4 is 23.3 Å². The summed E-state index contributed by atoms with van der Waals surface area (Å²) in [5, 5.41) is 19.4. The van der Waals surface area contributed by atoms with Crippen LogP contribution in [0.15, 0.2) is 45.6 Å². The average Bonchev–Trinajstić information content (AvgIpc) is 3.40. The Hall–Kier alpha value is -3.51. The number of aromatic nitrogens is 2. The van der Waals surface area contributed by atoms with Gasteiger partial charge in [-0.2, -0.15) is 21.6 Å². The third kappa shape index (κ3) is 2.86. The van der Waals surface area contributed by atoms with Gasteiger partial charge in [-0.15, -0.1) is 0 Å². The van der Waals surface area contributed by atoms with Gasteiger partial charge in [0.05, 0.1) is 23.7 Å². The summed E-state index contributed by atoms with van der Waals surface area (Å²) in [6, 6.07) is 9.92. The molecule has 3 amide bonds. The lowest BCUT2D eigenvalue weighted by molar-refractivity contribution is -0.131. The number of hydrogen-bond donors (Lipinski definition) is 1. The predicted molar refractivity (Wildman–Crippen MR) is 95.2 cm³/mol. The second-order valence-electron chi connectivity index (χ2n) is 6.17. The van der Waals surface area contributed by atoms with E-state index in [0.717, 1.165) is 10.5 Å². The average molecular weight is 379 g/mol. The normalized spacial score (nSPS) is 19.2. The van der Waals surface area contributed by atoms with Crippen molar-refractivity contribution in [2.45, 2.75) is 19.0 Å². The number of thiophene rings is 1. The summed E-state index contributed by atoms with van der Waals surface area (Å²) in [6.07, 6.45) is 0. The van der Waals surface area contributed by atoms with E-state index in [0.29, 0.717) is 17.0 Å². The molecule has 134 valence electrons. The van der Waals surface area contributed by atoms with Crippen LogP contribution < -0.4 is 5.32 Å². The Morgan fingerprint density at radius 2 is 2.22 bits per heavy atom. The maximum absolute atomic E-state index is 13.0. The zero-order valence-electron chi connectivity index (χ0n) is 14.2. The first kappa shape index (κ1) is 16.9. The molecule has 3 heterocycles. The summed E-state index contributed by atoms with van der Waals surface area (Å²) in [5.41, 5.74) is 0.473. The van der Waals surface area contributed by atoms with E-state index in [1.54, 1.807) is 31.2 Å². The molecule has 27 heavy (non-hydrogen) atoms. The standard InChI is InChI=1S/C18H13N5O3S/c1-18(13-4-2-3-11(7-13)8-19)16(24)23(17(25)21-18)9-14-20-15(26-22-14)12-5-6-27-10-12/h2-7,10H,9H2,1H3,(H,21,25). The van der Waals surface area contributed by atoms with Crippen molar-refractivity contribution in [2.75, 3.05) is 0 Å². The minimum absolute atomic E-state index is 0.105. The summed E-state index contributed by atoms with van der Waals surface area (Å²) < 4.78 is 5.20. The van der Waals surface area contributed by atoms with Crippen LogP contribution in [0.1, 0.15) is 23.9 Å². The van der Waals surface area contributed by atoms with Crippen LogP contribution in [0, 0.1) is 11.3 Å². The number of rotatable bonds is 4. The number of benzene rings is 1. The first-order valence-electron chi connectivity index (χ1n) is 8.01. The smallest absolute Gasteiger partial charge is 0.325 e. The number of hydrogen-bond acceptors (Lipinski definition) is 7.